The minimum absolute atomic E-state index is 0.00999. The smallest absolute Gasteiger partial charge is 0.257 e. The first-order valence-corrected chi connectivity index (χ1v) is 6.70. The fourth-order valence-corrected chi connectivity index (χ4v) is 2.58. The highest BCUT2D eigenvalue weighted by molar-refractivity contribution is 5.93. The fraction of sp³-hybridized carbons (Fsp3) is 0.312. The van der Waals surface area contributed by atoms with Crippen molar-refractivity contribution in [2.45, 2.75) is 12.5 Å². The zero-order valence-corrected chi connectivity index (χ0v) is 11.4. The Labute approximate surface area is 118 Å². The molecule has 1 aromatic heterocycles. The van der Waals surface area contributed by atoms with Gasteiger partial charge in [-0.15, -0.1) is 0 Å². The molecule has 0 aliphatic carbocycles. The minimum atomic E-state index is -0.459. The molecule has 20 heavy (non-hydrogen) atoms. The highest BCUT2D eigenvalue weighted by Crippen LogP contribution is 2.29. The topological polar surface area (TPSA) is 42.7 Å². The molecule has 1 unspecified atom stereocenters. The van der Waals surface area contributed by atoms with Crippen molar-refractivity contribution in [3.8, 4) is 0 Å². The van der Waals surface area contributed by atoms with Crippen LogP contribution in [0.25, 0.3) is 0 Å². The summed E-state index contributed by atoms with van der Waals surface area (Å²) in [6, 6.07) is 11.7. The molecular formula is C16H17NO3. The molecular weight excluding hydrogens is 254 g/mol. The Hall–Kier alpha value is -2.07. The summed E-state index contributed by atoms with van der Waals surface area (Å²) < 4.78 is 10.9. The standard InChI is InChI=1S/C16H17NO3/c1-16(14-5-3-2-4-6-14)12-17(8-10-20-16)15(18)13-7-9-19-11-13/h2-7,9,11H,8,10,12H2,1H3. The van der Waals surface area contributed by atoms with Gasteiger partial charge in [-0.1, -0.05) is 30.3 Å². The van der Waals surface area contributed by atoms with Gasteiger partial charge in [0.25, 0.3) is 5.91 Å². The average molecular weight is 271 g/mol. The van der Waals surface area contributed by atoms with Crippen molar-refractivity contribution in [1.82, 2.24) is 4.90 Å². The van der Waals surface area contributed by atoms with E-state index in [0.717, 1.165) is 5.56 Å². The summed E-state index contributed by atoms with van der Waals surface area (Å²) in [6.07, 6.45) is 3.00. The van der Waals surface area contributed by atoms with Gasteiger partial charge >= 0.3 is 0 Å². The number of carbonyl (C=O) groups is 1. The van der Waals surface area contributed by atoms with Crippen molar-refractivity contribution in [2.24, 2.45) is 0 Å². The number of benzene rings is 1. The number of nitrogens with zero attached hydrogens (tertiary/aromatic N) is 1. The molecule has 0 saturated carbocycles. The second-order valence-corrected chi connectivity index (χ2v) is 5.18. The van der Waals surface area contributed by atoms with Crippen LogP contribution in [0.1, 0.15) is 22.8 Å². The molecule has 104 valence electrons. The number of morpholine rings is 1. The minimum Gasteiger partial charge on any atom is -0.472 e. The number of ether oxygens (including phenoxy) is 1. The second-order valence-electron chi connectivity index (χ2n) is 5.18. The summed E-state index contributed by atoms with van der Waals surface area (Å²) in [7, 11) is 0. The highest BCUT2D eigenvalue weighted by atomic mass is 16.5. The molecule has 4 heteroatoms. The molecule has 1 fully saturated rings. The van der Waals surface area contributed by atoms with E-state index in [-0.39, 0.29) is 5.91 Å². The summed E-state index contributed by atoms with van der Waals surface area (Å²) in [5, 5.41) is 0. The van der Waals surface area contributed by atoms with Gasteiger partial charge in [0, 0.05) is 6.54 Å². The van der Waals surface area contributed by atoms with E-state index in [1.54, 1.807) is 6.07 Å². The molecule has 0 bridgehead atoms. The number of carbonyl (C=O) groups excluding carboxylic acids is 1. The molecule has 1 atom stereocenters. The first-order chi connectivity index (χ1) is 9.69. The van der Waals surface area contributed by atoms with Gasteiger partial charge in [0.2, 0.25) is 0 Å². The van der Waals surface area contributed by atoms with E-state index in [1.807, 2.05) is 42.2 Å². The van der Waals surface area contributed by atoms with Gasteiger partial charge in [-0.3, -0.25) is 4.79 Å². The Kier molecular flexibility index (Phi) is 3.32. The van der Waals surface area contributed by atoms with Crippen LogP contribution >= 0.6 is 0 Å². The summed E-state index contributed by atoms with van der Waals surface area (Å²) >= 11 is 0. The van der Waals surface area contributed by atoms with Crippen LogP contribution in [0.2, 0.25) is 0 Å². The maximum absolute atomic E-state index is 12.4. The normalized spacial score (nSPS) is 22.8. The zero-order valence-electron chi connectivity index (χ0n) is 11.4. The number of furan rings is 1. The van der Waals surface area contributed by atoms with Gasteiger partial charge in [0.15, 0.2) is 0 Å². The lowest BCUT2D eigenvalue weighted by molar-refractivity contribution is -0.0930. The van der Waals surface area contributed by atoms with E-state index in [4.69, 9.17) is 9.15 Å². The summed E-state index contributed by atoms with van der Waals surface area (Å²) in [5.41, 5.74) is 1.21. The maximum atomic E-state index is 12.4. The predicted molar refractivity (Wildman–Crippen MR) is 74.4 cm³/mol. The monoisotopic (exact) mass is 271 g/mol. The van der Waals surface area contributed by atoms with Crippen LogP contribution in [-0.2, 0) is 10.3 Å². The lowest BCUT2D eigenvalue weighted by Crippen LogP contribution is -2.50. The lowest BCUT2D eigenvalue weighted by atomic mass is 9.93. The Morgan fingerprint density at radius 2 is 2.05 bits per heavy atom. The molecule has 0 N–H and O–H groups in total. The van der Waals surface area contributed by atoms with E-state index < -0.39 is 5.60 Å². The first-order valence-electron chi connectivity index (χ1n) is 6.70. The third kappa shape index (κ3) is 2.34. The highest BCUT2D eigenvalue weighted by Gasteiger charge is 2.36. The molecule has 1 aromatic carbocycles. The van der Waals surface area contributed by atoms with Crippen molar-refractivity contribution in [3.63, 3.8) is 0 Å². The first kappa shape index (κ1) is 12.9. The molecule has 0 spiro atoms. The molecule has 1 amide bonds. The van der Waals surface area contributed by atoms with Crippen LogP contribution in [0.3, 0.4) is 0 Å². The van der Waals surface area contributed by atoms with Crippen molar-refractivity contribution >= 4 is 5.91 Å². The van der Waals surface area contributed by atoms with Crippen LogP contribution in [0.15, 0.2) is 53.3 Å². The van der Waals surface area contributed by atoms with Crippen LogP contribution in [-0.4, -0.2) is 30.5 Å². The number of hydrogen-bond donors (Lipinski definition) is 0. The van der Waals surface area contributed by atoms with Gasteiger partial charge in [0.05, 0.1) is 25.0 Å². The molecule has 0 radical (unpaired) electrons. The van der Waals surface area contributed by atoms with Crippen LogP contribution in [0.4, 0.5) is 0 Å². The van der Waals surface area contributed by atoms with E-state index >= 15 is 0 Å². The molecule has 2 aromatic rings. The number of hydrogen-bond acceptors (Lipinski definition) is 3. The maximum Gasteiger partial charge on any atom is 0.257 e. The SMILES string of the molecule is CC1(c2ccccc2)CN(C(=O)c2ccoc2)CCO1. The van der Waals surface area contributed by atoms with Gasteiger partial charge in [-0.05, 0) is 18.6 Å². The number of amides is 1. The largest absolute Gasteiger partial charge is 0.472 e. The van der Waals surface area contributed by atoms with Crippen molar-refractivity contribution in [2.75, 3.05) is 19.7 Å². The molecule has 1 saturated heterocycles. The van der Waals surface area contributed by atoms with Crippen molar-refractivity contribution in [3.05, 3.63) is 60.1 Å². The third-order valence-electron chi connectivity index (χ3n) is 3.71. The summed E-state index contributed by atoms with van der Waals surface area (Å²) in [5.74, 6) is -0.00999. The van der Waals surface area contributed by atoms with Crippen LogP contribution in [0, 0.1) is 0 Å². The van der Waals surface area contributed by atoms with Crippen LogP contribution in [0.5, 0.6) is 0 Å². The predicted octanol–water partition coefficient (Wildman–Crippen LogP) is 2.67. The Morgan fingerprint density at radius 1 is 1.25 bits per heavy atom. The average Bonchev–Trinajstić information content (AvgIpc) is 3.02. The van der Waals surface area contributed by atoms with Crippen molar-refractivity contribution in [1.29, 1.82) is 0 Å². The third-order valence-corrected chi connectivity index (χ3v) is 3.71. The van der Waals surface area contributed by atoms with E-state index in [9.17, 15) is 4.79 Å². The van der Waals surface area contributed by atoms with Crippen LogP contribution < -0.4 is 0 Å². The second kappa shape index (κ2) is 5.13. The van der Waals surface area contributed by atoms with E-state index in [1.165, 1.54) is 12.5 Å². The van der Waals surface area contributed by atoms with E-state index in [2.05, 4.69) is 0 Å². The van der Waals surface area contributed by atoms with Gasteiger partial charge in [-0.2, -0.15) is 0 Å². The quantitative estimate of drug-likeness (QED) is 0.843. The zero-order chi connectivity index (χ0) is 14.0. The van der Waals surface area contributed by atoms with Gasteiger partial charge in [0.1, 0.15) is 11.9 Å². The van der Waals surface area contributed by atoms with Gasteiger partial charge in [-0.25, -0.2) is 0 Å². The van der Waals surface area contributed by atoms with Crippen molar-refractivity contribution < 1.29 is 13.9 Å². The molecule has 2 heterocycles. The van der Waals surface area contributed by atoms with Gasteiger partial charge < -0.3 is 14.1 Å². The Bertz CT molecular complexity index is 579. The summed E-state index contributed by atoms with van der Waals surface area (Å²) in [6.45, 7) is 3.71. The molecule has 1 aliphatic rings. The molecule has 3 rings (SSSR count). The summed E-state index contributed by atoms with van der Waals surface area (Å²) in [4.78, 5) is 14.2. The Balaban J connectivity index is 1.82. The molecule has 1 aliphatic heterocycles. The molecule has 4 nitrogen and oxygen atoms in total. The van der Waals surface area contributed by atoms with E-state index in [0.29, 0.717) is 25.3 Å². The fourth-order valence-electron chi connectivity index (χ4n) is 2.58. The Morgan fingerprint density at radius 3 is 2.75 bits per heavy atom. The number of rotatable bonds is 2. The lowest BCUT2D eigenvalue weighted by Gasteiger charge is -2.40.